The normalized spacial score (nSPS) is 17.0. The van der Waals surface area contributed by atoms with E-state index in [4.69, 9.17) is 4.74 Å². The number of phosphoric ester groups is 1. The summed E-state index contributed by atoms with van der Waals surface area (Å²) in [6, 6.07) is 10.1. The van der Waals surface area contributed by atoms with Crippen molar-refractivity contribution in [1.29, 1.82) is 0 Å². The van der Waals surface area contributed by atoms with Gasteiger partial charge in [-0.1, -0.05) is 17.3 Å². The quantitative estimate of drug-likeness (QED) is 0.251. The summed E-state index contributed by atoms with van der Waals surface area (Å²) in [5.74, 6) is 0.272. The Hall–Kier alpha value is -1.31. The second kappa shape index (κ2) is 11.4. The van der Waals surface area contributed by atoms with Crippen LogP contribution in [0.3, 0.4) is 0 Å². The van der Waals surface area contributed by atoms with Crippen molar-refractivity contribution in [1.82, 2.24) is 15.4 Å². The van der Waals surface area contributed by atoms with Crippen molar-refractivity contribution in [2.45, 2.75) is 19.2 Å². The first-order valence-corrected chi connectivity index (χ1v) is 11.4. The van der Waals surface area contributed by atoms with Crippen LogP contribution in [0.1, 0.15) is 11.1 Å². The number of ether oxygens (including phenoxy) is 1. The zero-order valence-electron chi connectivity index (χ0n) is 19.0. The maximum Gasteiger partial charge on any atom is 1.00 e. The van der Waals surface area contributed by atoms with E-state index in [2.05, 4.69) is 24.8 Å². The van der Waals surface area contributed by atoms with Crippen LogP contribution < -0.4 is 78.7 Å². The molecule has 35 heavy (non-hydrogen) atoms. The molecule has 1 atom stereocenters. The molecular weight excluding hydrogens is 502 g/mol. The standard InChI is InChI=1S/C20H19FN5O6P.2Na/c21-18-6-15(26-10-16(32-20(26)27)11-31-33(28,29)30)3-4-17(18)12-1-2-13-8-25(9-14(13)5-12)19-7-22-24-23-19;;/h1-7,16H,8-11H2,(H,22,23,24)(H2,28,29,30);;/q;2*+1/p-2/t16-;;/m1../s1. The molecule has 15 heteroatoms. The minimum Gasteiger partial charge on any atom is -0.790 e. The second-order valence-electron chi connectivity index (χ2n) is 7.70. The largest absolute Gasteiger partial charge is 1.00 e. The first-order chi connectivity index (χ1) is 15.8. The van der Waals surface area contributed by atoms with E-state index in [1.165, 1.54) is 6.07 Å². The number of benzene rings is 2. The van der Waals surface area contributed by atoms with Gasteiger partial charge in [0.05, 0.1) is 32.9 Å². The molecular formula is C20H17FN5Na2O6P. The van der Waals surface area contributed by atoms with Gasteiger partial charge in [0.1, 0.15) is 17.7 Å². The van der Waals surface area contributed by atoms with Gasteiger partial charge in [0.2, 0.25) is 0 Å². The molecule has 3 heterocycles. The van der Waals surface area contributed by atoms with E-state index in [9.17, 15) is 19.1 Å². The minimum absolute atomic E-state index is 0. The third kappa shape index (κ3) is 6.34. The van der Waals surface area contributed by atoms with Crippen LogP contribution in [-0.4, -0.2) is 40.8 Å². The Bertz CT molecular complexity index is 1260. The van der Waals surface area contributed by atoms with Gasteiger partial charge in [0, 0.05) is 18.7 Å². The Morgan fingerprint density at radius 2 is 1.94 bits per heavy atom. The number of aromatic amines is 1. The fourth-order valence-electron chi connectivity index (χ4n) is 3.98. The summed E-state index contributed by atoms with van der Waals surface area (Å²) in [7, 11) is -5.18. The molecule has 0 aliphatic carbocycles. The second-order valence-corrected chi connectivity index (χ2v) is 8.86. The van der Waals surface area contributed by atoms with Crippen molar-refractivity contribution < 1.29 is 91.9 Å². The maximum absolute atomic E-state index is 15.0. The van der Waals surface area contributed by atoms with E-state index in [0.29, 0.717) is 24.2 Å². The molecule has 1 N–H and O–H groups in total. The fraction of sp³-hybridized carbons (Fsp3) is 0.250. The molecule has 1 saturated heterocycles. The van der Waals surface area contributed by atoms with Crippen LogP contribution >= 0.6 is 7.82 Å². The number of hydrogen-bond acceptors (Lipinski definition) is 9. The first kappa shape index (κ1) is 28.3. The molecule has 11 nitrogen and oxygen atoms in total. The number of aromatic nitrogens is 3. The van der Waals surface area contributed by atoms with Gasteiger partial charge in [-0.3, -0.25) is 4.90 Å². The number of H-pyrrole nitrogens is 1. The number of halogens is 1. The molecule has 1 amide bonds. The fourth-order valence-corrected chi connectivity index (χ4v) is 4.33. The molecule has 3 aromatic rings. The van der Waals surface area contributed by atoms with Crippen molar-refractivity contribution in [3.05, 3.63) is 59.5 Å². The Labute approximate surface area is 243 Å². The maximum atomic E-state index is 15.0. The number of nitrogens with zero attached hydrogens (tertiary/aromatic N) is 4. The molecule has 1 aromatic heterocycles. The summed E-state index contributed by atoms with van der Waals surface area (Å²) >= 11 is 0. The SMILES string of the molecule is O=C1O[C@@H](COP(=O)([O-])[O-])CN1c1ccc(-c2ccc3c(c2)CN(c2cnn[nH]2)C3)c(F)c1.[Na+].[Na+]. The van der Waals surface area contributed by atoms with Gasteiger partial charge in [0.25, 0.3) is 0 Å². The van der Waals surface area contributed by atoms with Crippen LogP contribution in [0.25, 0.3) is 11.1 Å². The van der Waals surface area contributed by atoms with Gasteiger partial charge < -0.3 is 28.5 Å². The van der Waals surface area contributed by atoms with Crippen LogP contribution in [-0.2, 0) is 26.9 Å². The Morgan fingerprint density at radius 1 is 1.17 bits per heavy atom. The van der Waals surface area contributed by atoms with Crippen molar-refractivity contribution in [3.63, 3.8) is 0 Å². The van der Waals surface area contributed by atoms with Crippen LogP contribution in [0.2, 0.25) is 0 Å². The summed E-state index contributed by atoms with van der Waals surface area (Å²) in [6.45, 7) is 0.662. The number of phosphoric acid groups is 1. The van der Waals surface area contributed by atoms with Gasteiger partial charge >= 0.3 is 65.2 Å². The van der Waals surface area contributed by atoms with Crippen molar-refractivity contribution in [2.75, 3.05) is 23.0 Å². The topological polar surface area (TPSA) is 147 Å². The van der Waals surface area contributed by atoms with Gasteiger partial charge in [-0.05, 0) is 41.0 Å². The van der Waals surface area contributed by atoms with Gasteiger partial charge in [-0.15, -0.1) is 5.10 Å². The van der Waals surface area contributed by atoms with E-state index in [0.717, 1.165) is 21.8 Å². The molecule has 1 fully saturated rings. The predicted molar refractivity (Wildman–Crippen MR) is 109 cm³/mol. The third-order valence-electron chi connectivity index (χ3n) is 5.54. The summed E-state index contributed by atoms with van der Waals surface area (Å²) in [4.78, 5) is 36.6. The van der Waals surface area contributed by atoms with Gasteiger partial charge in [-0.2, -0.15) is 0 Å². The van der Waals surface area contributed by atoms with Crippen molar-refractivity contribution >= 4 is 25.4 Å². The number of rotatable bonds is 6. The molecule has 2 aromatic carbocycles. The van der Waals surface area contributed by atoms with Crippen molar-refractivity contribution in [2.24, 2.45) is 0 Å². The average molecular weight is 519 g/mol. The summed E-state index contributed by atoms with van der Waals surface area (Å²) in [6.07, 6.45) is -0.0971. The molecule has 0 spiro atoms. The third-order valence-corrected chi connectivity index (χ3v) is 6.00. The molecule has 0 radical (unpaired) electrons. The zero-order valence-corrected chi connectivity index (χ0v) is 23.9. The Kier molecular flexibility index (Phi) is 9.20. The number of hydrogen-bond donors (Lipinski definition) is 1. The first-order valence-electron chi connectivity index (χ1n) is 9.94. The van der Waals surface area contributed by atoms with Crippen LogP contribution in [0, 0.1) is 5.82 Å². The van der Waals surface area contributed by atoms with E-state index in [1.54, 1.807) is 18.3 Å². The monoisotopic (exact) mass is 519 g/mol. The molecule has 0 saturated carbocycles. The molecule has 5 rings (SSSR count). The van der Waals surface area contributed by atoms with E-state index in [-0.39, 0.29) is 71.3 Å². The number of anilines is 2. The van der Waals surface area contributed by atoms with E-state index in [1.807, 2.05) is 18.2 Å². The number of fused-ring (bicyclic) bond motifs is 1. The molecule has 0 unspecified atom stereocenters. The zero-order chi connectivity index (χ0) is 23.2. The molecule has 2 aliphatic heterocycles. The van der Waals surface area contributed by atoms with Crippen LogP contribution in [0.15, 0.2) is 42.6 Å². The van der Waals surface area contributed by atoms with E-state index >= 15 is 4.39 Å². The Morgan fingerprint density at radius 3 is 2.63 bits per heavy atom. The van der Waals surface area contributed by atoms with Gasteiger partial charge in [0.15, 0.2) is 0 Å². The number of carbonyl (C=O) groups is 1. The molecule has 172 valence electrons. The number of nitrogens with one attached hydrogen (secondary N) is 1. The number of amides is 1. The number of carbonyl (C=O) groups excluding carboxylic acids is 1. The van der Waals surface area contributed by atoms with Crippen LogP contribution in [0.5, 0.6) is 0 Å². The smallest absolute Gasteiger partial charge is 0.790 e. The minimum atomic E-state index is -5.18. The van der Waals surface area contributed by atoms with E-state index < -0.39 is 32.4 Å². The number of cyclic esters (lactones) is 1. The van der Waals surface area contributed by atoms with Gasteiger partial charge in [-0.25, -0.2) is 14.3 Å². The predicted octanol–water partition coefficient (Wildman–Crippen LogP) is -4.69. The summed E-state index contributed by atoms with van der Waals surface area (Å²) < 4.78 is 34.8. The molecule has 2 aliphatic rings. The van der Waals surface area contributed by atoms with Crippen molar-refractivity contribution in [3.8, 4) is 11.1 Å². The Balaban J connectivity index is 0.00000171. The molecule has 0 bridgehead atoms. The average Bonchev–Trinajstić information content (AvgIpc) is 3.50. The summed E-state index contributed by atoms with van der Waals surface area (Å²) in [5.41, 5.74) is 3.49. The van der Waals surface area contributed by atoms with Crippen LogP contribution in [0.4, 0.5) is 20.7 Å². The summed E-state index contributed by atoms with van der Waals surface area (Å²) in [5, 5.41) is 10.4.